The van der Waals surface area contributed by atoms with E-state index in [0.717, 1.165) is 26.0 Å². The van der Waals surface area contributed by atoms with Crippen molar-refractivity contribution < 1.29 is 22.3 Å². The molecule has 1 fully saturated rings. The van der Waals surface area contributed by atoms with Crippen molar-refractivity contribution in [3.8, 4) is 0 Å². The van der Waals surface area contributed by atoms with E-state index < -0.39 is 27.4 Å². The van der Waals surface area contributed by atoms with Crippen LogP contribution in [0.1, 0.15) is 23.2 Å². The van der Waals surface area contributed by atoms with Crippen LogP contribution in [0.25, 0.3) is 0 Å². The van der Waals surface area contributed by atoms with E-state index in [1.54, 1.807) is 7.05 Å². The summed E-state index contributed by atoms with van der Waals surface area (Å²) in [5, 5.41) is 2.95. The Morgan fingerprint density at radius 2 is 2.23 bits per heavy atom. The Kier molecular flexibility index (Phi) is 5.15. The van der Waals surface area contributed by atoms with Crippen LogP contribution in [0.5, 0.6) is 0 Å². The lowest BCUT2D eigenvalue weighted by molar-refractivity contribution is 0.0590. The third-order valence-corrected chi connectivity index (χ3v) is 5.71. The van der Waals surface area contributed by atoms with Crippen molar-refractivity contribution in [3.05, 3.63) is 29.6 Å². The molecule has 2 rings (SSSR count). The van der Waals surface area contributed by atoms with Gasteiger partial charge in [-0.2, -0.15) is 4.31 Å². The van der Waals surface area contributed by atoms with E-state index in [1.807, 2.05) is 0 Å². The fourth-order valence-corrected chi connectivity index (χ4v) is 4.59. The Labute approximate surface area is 129 Å². The zero-order chi connectivity index (χ0) is 16.3. The van der Waals surface area contributed by atoms with E-state index in [0.29, 0.717) is 13.1 Å². The number of carbonyl (C=O) groups excluding carboxylic acids is 1. The average Bonchev–Trinajstić information content (AvgIpc) is 2.95. The lowest BCUT2D eigenvalue weighted by atomic mass is 10.2. The lowest BCUT2D eigenvalue weighted by Crippen LogP contribution is -2.41. The van der Waals surface area contributed by atoms with Gasteiger partial charge in [0, 0.05) is 19.1 Å². The molecular formula is C14H19FN2O4S. The van der Waals surface area contributed by atoms with Crippen LogP contribution in [-0.2, 0) is 14.8 Å². The average molecular weight is 330 g/mol. The summed E-state index contributed by atoms with van der Waals surface area (Å²) in [5.74, 6) is -1.90. The standard InChI is InChI=1S/C14H19FN2O4S/c1-16-9-10-5-4-8-17(10)22(19,20)12-7-3-6-11(15)13(12)14(18)21-2/h3,6-7,10,16H,4-5,8-9H2,1-2H3. The molecule has 1 saturated heterocycles. The summed E-state index contributed by atoms with van der Waals surface area (Å²) in [6, 6.07) is 3.35. The zero-order valence-corrected chi connectivity index (χ0v) is 13.3. The van der Waals surface area contributed by atoms with Crippen LogP contribution < -0.4 is 5.32 Å². The summed E-state index contributed by atoms with van der Waals surface area (Å²) >= 11 is 0. The van der Waals surface area contributed by atoms with Gasteiger partial charge in [0.05, 0.1) is 12.0 Å². The molecule has 0 aromatic heterocycles. The van der Waals surface area contributed by atoms with Crippen molar-refractivity contribution in [2.45, 2.75) is 23.8 Å². The van der Waals surface area contributed by atoms with Gasteiger partial charge in [0.25, 0.3) is 0 Å². The molecule has 1 atom stereocenters. The number of sulfonamides is 1. The van der Waals surface area contributed by atoms with Crippen molar-refractivity contribution in [2.75, 3.05) is 27.2 Å². The van der Waals surface area contributed by atoms with Crippen molar-refractivity contribution in [1.82, 2.24) is 9.62 Å². The Morgan fingerprint density at radius 1 is 1.50 bits per heavy atom. The van der Waals surface area contributed by atoms with Crippen LogP contribution in [0, 0.1) is 5.82 Å². The van der Waals surface area contributed by atoms with Gasteiger partial charge in [-0.15, -0.1) is 0 Å². The van der Waals surface area contributed by atoms with Gasteiger partial charge in [0.2, 0.25) is 10.0 Å². The third-order valence-electron chi connectivity index (χ3n) is 3.71. The number of methoxy groups -OCH3 is 1. The molecule has 0 amide bonds. The number of halogens is 1. The minimum atomic E-state index is -3.97. The van der Waals surface area contributed by atoms with Crippen LogP contribution in [0.2, 0.25) is 0 Å². The second-order valence-corrected chi connectivity index (χ2v) is 6.93. The first kappa shape index (κ1) is 16.9. The molecule has 1 aromatic rings. The quantitative estimate of drug-likeness (QED) is 0.815. The minimum Gasteiger partial charge on any atom is -0.465 e. The molecule has 0 bridgehead atoms. The van der Waals surface area contributed by atoms with E-state index >= 15 is 0 Å². The summed E-state index contributed by atoms with van der Waals surface area (Å²) < 4.78 is 45.5. The summed E-state index contributed by atoms with van der Waals surface area (Å²) in [6.45, 7) is 0.855. The predicted octanol–water partition coefficient (Wildman–Crippen LogP) is 0.985. The number of likely N-dealkylation sites (N-methyl/N-ethyl adjacent to an activating group) is 1. The first-order chi connectivity index (χ1) is 10.4. The number of ether oxygens (including phenoxy) is 1. The van der Waals surface area contributed by atoms with Crippen molar-refractivity contribution in [3.63, 3.8) is 0 Å². The molecular weight excluding hydrogens is 311 g/mol. The van der Waals surface area contributed by atoms with Crippen molar-refractivity contribution in [1.29, 1.82) is 0 Å². The smallest absolute Gasteiger partial charge is 0.342 e. The largest absolute Gasteiger partial charge is 0.465 e. The van der Waals surface area contributed by atoms with Gasteiger partial charge >= 0.3 is 5.97 Å². The highest BCUT2D eigenvalue weighted by atomic mass is 32.2. The number of hydrogen-bond donors (Lipinski definition) is 1. The fraction of sp³-hybridized carbons (Fsp3) is 0.500. The maximum absolute atomic E-state index is 14.0. The van der Waals surface area contributed by atoms with Gasteiger partial charge in [-0.1, -0.05) is 6.07 Å². The highest BCUT2D eigenvalue weighted by molar-refractivity contribution is 7.89. The topological polar surface area (TPSA) is 75.7 Å². The van der Waals surface area contributed by atoms with E-state index in [9.17, 15) is 17.6 Å². The molecule has 0 spiro atoms. The normalized spacial score (nSPS) is 19.3. The van der Waals surface area contributed by atoms with Gasteiger partial charge < -0.3 is 10.1 Å². The van der Waals surface area contributed by atoms with Gasteiger partial charge in [0.1, 0.15) is 11.4 Å². The predicted molar refractivity (Wildman–Crippen MR) is 78.6 cm³/mol. The minimum absolute atomic E-state index is 0.205. The third kappa shape index (κ3) is 2.99. The number of benzene rings is 1. The van der Waals surface area contributed by atoms with Crippen LogP contribution in [-0.4, -0.2) is 52.0 Å². The highest BCUT2D eigenvalue weighted by Gasteiger charge is 2.37. The molecule has 1 aliphatic heterocycles. The molecule has 1 N–H and O–H groups in total. The maximum atomic E-state index is 14.0. The van der Waals surface area contributed by atoms with Crippen molar-refractivity contribution in [2.24, 2.45) is 0 Å². The molecule has 0 aliphatic carbocycles. The number of rotatable bonds is 5. The van der Waals surface area contributed by atoms with Gasteiger partial charge in [-0.3, -0.25) is 0 Å². The summed E-state index contributed by atoms with van der Waals surface area (Å²) in [4.78, 5) is 11.4. The molecule has 1 heterocycles. The first-order valence-corrected chi connectivity index (χ1v) is 8.40. The van der Waals surface area contributed by atoms with E-state index in [2.05, 4.69) is 10.1 Å². The molecule has 8 heteroatoms. The fourth-order valence-electron chi connectivity index (χ4n) is 2.71. The zero-order valence-electron chi connectivity index (χ0n) is 12.5. The second kappa shape index (κ2) is 6.72. The molecule has 22 heavy (non-hydrogen) atoms. The Bertz CT molecular complexity index is 663. The van der Waals surface area contributed by atoms with Gasteiger partial charge in [-0.05, 0) is 32.0 Å². The van der Waals surface area contributed by atoms with Gasteiger partial charge in [0.15, 0.2) is 0 Å². The van der Waals surface area contributed by atoms with Crippen LogP contribution in [0.3, 0.4) is 0 Å². The summed E-state index contributed by atoms with van der Waals surface area (Å²) in [5.41, 5.74) is -0.542. The number of carbonyl (C=O) groups is 1. The molecule has 0 radical (unpaired) electrons. The number of nitrogens with one attached hydrogen (secondary N) is 1. The number of esters is 1. The lowest BCUT2D eigenvalue weighted by Gasteiger charge is -2.24. The number of hydrogen-bond acceptors (Lipinski definition) is 5. The van der Waals surface area contributed by atoms with E-state index in [4.69, 9.17) is 0 Å². The maximum Gasteiger partial charge on any atom is 0.342 e. The SMILES string of the molecule is CNCC1CCCN1S(=O)(=O)c1cccc(F)c1C(=O)OC. The molecule has 6 nitrogen and oxygen atoms in total. The van der Waals surface area contributed by atoms with Crippen LogP contribution >= 0.6 is 0 Å². The summed E-state index contributed by atoms with van der Waals surface area (Å²) in [6.07, 6.45) is 1.46. The highest BCUT2D eigenvalue weighted by Crippen LogP contribution is 2.29. The van der Waals surface area contributed by atoms with Crippen LogP contribution in [0.15, 0.2) is 23.1 Å². The first-order valence-electron chi connectivity index (χ1n) is 6.96. The number of nitrogens with zero attached hydrogens (tertiary/aromatic N) is 1. The second-order valence-electron chi connectivity index (χ2n) is 5.07. The molecule has 122 valence electrons. The monoisotopic (exact) mass is 330 g/mol. The van der Waals surface area contributed by atoms with E-state index in [-0.39, 0.29) is 10.9 Å². The molecule has 0 saturated carbocycles. The molecule has 1 aromatic carbocycles. The van der Waals surface area contributed by atoms with Gasteiger partial charge in [-0.25, -0.2) is 17.6 Å². The van der Waals surface area contributed by atoms with Crippen LogP contribution in [0.4, 0.5) is 4.39 Å². The Hall–Kier alpha value is -1.51. The van der Waals surface area contributed by atoms with E-state index in [1.165, 1.54) is 16.4 Å². The molecule has 1 unspecified atom stereocenters. The van der Waals surface area contributed by atoms with Crippen molar-refractivity contribution >= 4 is 16.0 Å². The Balaban J connectivity index is 2.50. The molecule has 1 aliphatic rings. The Morgan fingerprint density at radius 3 is 2.86 bits per heavy atom. The summed E-state index contributed by atoms with van der Waals surface area (Å²) in [7, 11) is -1.14.